The van der Waals surface area contributed by atoms with Gasteiger partial charge in [0.25, 0.3) is 0 Å². The molecule has 28 heavy (non-hydrogen) atoms. The number of sulfonamides is 1. The summed E-state index contributed by atoms with van der Waals surface area (Å²) in [6.07, 6.45) is 0.900. The summed E-state index contributed by atoms with van der Waals surface area (Å²) >= 11 is 0. The van der Waals surface area contributed by atoms with Gasteiger partial charge >= 0.3 is 5.97 Å². The number of hydrogen-bond acceptors (Lipinski definition) is 5. The summed E-state index contributed by atoms with van der Waals surface area (Å²) in [7, 11) is -3.93. The van der Waals surface area contributed by atoms with Crippen LogP contribution in [0.2, 0.25) is 0 Å². The molecule has 0 fully saturated rings. The lowest BCUT2D eigenvalue weighted by Gasteiger charge is -2.28. The lowest BCUT2D eigenvalue weighted by Crippen LogP contribution is -2.45. The van der Waals surface area contributed by atoms with Gasteiger partial charge in [-0.15, -0.1) is 0 Å². The van der Waals surface area contributed by atoms with E-state index in [1.54, 1.807) is 6.92 Å². The summed E-state index contributed by atoms with van der Waals surface area (Å²) in [5, 5.41) is 2.56. The predicted molar refractivity (Wildman–Crippen MR) is 104 cm³/mol. The summed E-state index contributed by atoms with van der Waals surface area (Å²) in [5.74, 6) is -1.90. The Morgan fingerprint density at radius 3 is 2.29 bits per heavy atom. The third-order valence-electron chi connectivity index (χ3n) is 3.84. The van der Waals surface area contributed by atoms with Crippen LogP contribution in [0, 0.1) is 5.82 Å². The Balaban J connectivity index is 2.22. The number of benzene rings is 2. The number of carbonyl (C=O) groups is 2. The zero-order valence-corrected chi connectivity index (χ0v) is 16.5. The van der Waals surface area contributed by atoms with Crippen molar-refractivity contribution in [1.82, 2.24) is 0 Å². The molecular formula is C19H21FN2O5S. The molecule has 0 spiro atoms. The van der Waals surface area contributed by atoms with E-state index in [0.29, 0.717) is 11.3 Å². The van der Waals surface area contributed by atoms with Crippen LogP contribution < -0.4 is 9.62 Å². The minimum absolute atomic E-state index is 0.217. The highest BCUT2D eigenvalue weighted by atomic mass is 32.2. The smallest absolute Gasteiger partial charge is 0.338 e. The van der Waals surface area contributed by atoms with Crippen LogP contribution in [0.5, 0.6) is 0 Å². The molecule has 0 unspecified atom stereocenters. The van der Waals surface area contributed by atoms with E-state index in [0.717, 1.165) is 16.6 Å². The first-order chi connectivity index (χ1) is 13.1. The highest BCUT2D eigenvalue weighted by Gasteiger charge is 2.31. The first-order valence-corrected chi connectivity index (χ1v) is 10.3. The molecule has 9 heteroatoms. The van der Waals surface area contributed by atoms with Crippen LogP contribution in [-0.2, 0) is 19.6 Å². The number of para-hydroxylation sites is 1. The molecule has 1 atom stereocenters. The van der Waals surface area contributed by atoms with Gasteiger partial charge in [-0.05, 0) is 50.2 Å². The normalized spacial score (nSPS) is 12.1. The molecule has 0 aliphatic rings. The van der Waals surface area contributed by atoms with Gasteiger partial charge in [0.2, 0.25) is 15.9 Å². The van der Waals surface area contributed by atoms with Gasteiger partial charge in [-0.2, -0.15) is 0 Å². The zero-order valence-electron chi connectivity index (χ0n) is 15.7. The van der Waals surface area contributed by atoms with Gasteiger partial charge in [-0.3, -0.25) is 9.10 Å². The lowest BCUT2D eigenvalue weighted by atomic mass is 10.2. The van der Waals surface area contributed by atoms with Crippen molar-refractivity contribution >= 4 is 33.3 Å². The number of rotatable bonds is 7. The van der Waals surface area contributed by atoms with Gasteiger partial charge in [-0.1, -0.05) is 12.1 Å². The Labute approximate surface area is 163 Å². The van der Waals surface area contributed by atoms with Gasteiger partial charge < -0.3 is 10.1 Å². The first-order valence-electron chi connectivity index (χ1n) is 8.47. The van der Waals surface area contributed by atoms with E-state index in [2.05, 4.69) is 5.32 Å². The minimum atomic E-state index is -3.93. The van der Waals surface area contributed by atoms with Crippen molar-refractivity contribution in [2.75, 3.05) is 22.5 Å². The number of ether oxygens (including phenoxy) is 1. The van der Waals surface area contributed by atoms with Crippen LogP contribution in [0.4, 0.5) is 15.8 Å². The Morgan fingerprint density at radius 1 is 1.14 bits per heavy atom. The third kappa shape index (κ3) is 5.07. The van der Waals surface area contributed by atoms with E-state index in [1.807, 2.05) is 0 Å². The third-order valence-corrected chi connectivity index (χ3v) is 5.07. The second-order valence-electron chi connectivity index (χ2n) is 5.97. The minimum Gasteiger partial charge on any atom is -0.462 e. The summed E-state index contributed by atoms with van der Waals surface area (Å²) in [6.45, 7) is 3.29. The molecule has 0 saturated carbocycles. The highest BCUT2D eigenvalue weighted by Crippen LogP contribution is 2.24. The van der Waals surface area contributed by atoms with E-state index in [9.17, 15) is 22.4 Å². The van der Waals surface area contributed by atoms with Crippen molar-refractivity contribution in [2.24, 2.45) is 0 Å². The van der Waals surface area contributed by atoms with E-state index in [-0.39, 0.29) is 12.3 Å². The van der Waals surface area contributed by atoms with Crippen molar-refractivity contribution < 1.29 is 27.1 Å². The van der Waals surface area contributed by atoms with Gasteiger partial charge in [0.05, 0.1) is 24.1 Å². The second-order valence-corrected chi connectivity index (χ2v) is 7.83. The van der Waals surface area contributed by atoms with Crippen molar-refractivity contribution in [3.05, 3.63) is 59.9 Å². The Hall–Kier alpha value is -2.94. The molecule has 2 aromatic rings. The predicted octanol–water partition coefficient (Wildman–Crippen LogP) is 2.80. The number of nitrogens with zero attached hydrogens (tertiary/aromatic N) is 1. The number of hydrogen-bond donors (Lipinski definition) is 1. The van der Waals surface area contributed by atoms with Crippen LogP contribution >= 0.6 is 0 Å². The molecule has 1 N–H and O–H groups in total. The molecule has 0 aromatic heterocycles. The number of halogens is 1. The average Bonchev–Trinajstić information content (AvgIpc) is 2.63. The molecule has 2 rings (SSSR count). The fourth-order valence-corrected chi connectivity index (χ4v) is 3.74. The molecule has 7 nitrogen and oxygen atoms in total. The molecule has 0 aliphatic heterocycles. The molecule has 0 heterocycles. The molecule has 150 valence electrons. The molecule has 1 amide bonds. The lowest BCUT2D eigenvalue weighted by molar-refractivity contribution is -0.116. The number of carbonyl (C=O) groups excluding carboxylic acids is 2. The fraction of sp³-hybridized carbons (Fsp3) is 0.263. The molecule has 0 bridgehead atoms. The fourth-order valence-electron chi connectivity index (χ4n) is 2.56. The van der Waals surface area contributed by atoms with E-state index < -0.39 is 33.8 Å². The molecule has 0 radical (unpaired) electrons. The quantitative estimate of drug-likeness (QED) is 0.711. The van der Waals surface area contributed by atoms with Crippen LogP contribution in [0.15, 0.2) is 48.5 Å². The van der Waals surface area contributed by atoms with Crippen LogP contribution in [-0.4, -0.2) is 39.2 Å². The van der Waals surface area contributed by atoms with Crippen molar-refractivity contribution in [1.29, 1.82) is 0 Å². The van der Waals surface area contributed by atoms with Gasteiger partial charge in [0.15, 0.2) is 0 Å². The molecule has 2 aromatic carbocycles. The number of anilines is 2. The largest absolute Gasteiger partial charge is 0.462 e. The van der Waals surface area contributed by atoms with E-state index in [4.69, 9.17) is 4.74 Å². The number of amides is 1. The maximum atomic E-state index is 14.1. The van der Waals surface area contributed by atoms with Crippen molar-refractivity contribution in [2.45, 2.75) is 19.9 Å². The summed E-state index contributed by atoms with van der Waals surface area (Å²) < 4.78 is 44.1. The van der Waals surface area contributed by atoms with Crippen molar-refractivity contribution in [3.63, 3.8) is 0 Å². The number of esters is 1. The highest BCUT2D eigenvalue weighted by molar-refractivity contribution is 7.92. The van der Waals surface area contributed by atoms with Crippen LogP contribution in [0.25, 0.3) is 0 Å². The standard InChI is InChI=1S/C19H21FN2O5S/c1-4-27-19(24)14-9-11-15(12-10-14)21-18(23)13(2)22(28(3,25)26)17-8-6-5-7-16(17)20/h5-13H,4H2,1-3H3,(H,21,23)/t13-/m0/s1. The van der Waals surface area contributed by atoms with Crippen LogP contribution in [0.3, 0.4) is 0 Å². The maximum Gasteiger partial charge on any atom is 0.338 e. The summed E-state index contributed by atoms with van der Waals surface area (Å²) in [4.78, 5) is 24.2. The Bertz CT molecular complexity index is 961. The van der Waals surface area contributed by atoms with Gasteiger partial charge in [-0.25, -0.2) is 17.6 Å². The summed E-state index contributed by atoms with van der Waals surface area (Å²) in [5.41, 5.74) is 0.453. The van der Waals surface area contributed by atoms with Gasteiger partial charge in [0, 0.05) is 5.69 Å². The Morgan fingerprint density at radius 2 is 1.75 bits per heavy atom. The molecule has 0 saturated heterocycles. The SMILES string of the molecule is CCOC(=O)c1ccc(NC(=O)[C@H](C)N(c2ccccc2F)S(C)(=O)=O)cc1. The van der Waals surface area contributed by atoms with Crippen LogP contribution in [0.1, 0.15) is 24.2 Å². The topological polar surface area (TPSA) is 92.8 Å². The summed E-state index contributed by atoms with van der Waals surface area (Å²) in [6, 6.07) is 10.0. The monoisotopic (exact) mass is 408 g/mol. The maximum absolute atomic E-state index is 14.1. The van der Waals surface area contributed by atoms with Crippen molar-refractivity contribution in [3.8, 4) is 0 Å². The zero-order chi connectivity index (χ0) is 20.9. The second kappa shape index (κ2) is 8.83. The van der Waals surface area contributed by atoms with E-state index >= 15 is 0 Å². The van der Waals surface area contributed by atoms with E-state index in [1.165, 1.54) is 49.4 Å². The molecule has 0 aliphatic carbocycles. The van der Waals surface area contributed by atoms with Gasteiger partial charge in [0.1, 0.15) is 11.9 Å². The Kier molecular flexibility index (Phi) is 6.74. The average molecular weight is 408 g/mol. The molecular weight excluding hydrogens is 387 g/mol. The number of nitrogens with one attached hydrogen (secondary N) is 1. The first kappa shape index (κ1) is 21.4.